The molecule has 0 saturated carbocycles. The number of phenols is 1. The molecule has 8 nitrogen and oxygen atoms in total. The maximum Gasteiger partial charge on any atom is 0.337 e. The lowest BCUT2D eigenvalue weighted by atomic mass is 9.69. The van der Waals surface area contributed by atoms with Crippen molar-refractivity contribution in [3.63, 3.8) is 0 Å². The second-order valence-corrected chi connectivity index (χ2v) is 9.12. The van der Waals surface area contributed by atoms with Crippen molar-refractivity contribution in [3.05, 3.63) is 45.3 Å². The Bertz CT molecular complexity index is 1090. The second kappa shape index (κ2) is 10.1. The Balaban J connectivity index is 2.25. The van der Waals surface area contributed by atoms with Gasteiger partial charge in [-0.2, -0.15) is 0 Å². The zero-order valence-electron chi connectivity index (χ0n) is 20.2. The van der Waals surface area contributed by atoms with Crippen LogP contribution in [0.5, 0.6) is 11.5 Å². The van der Waals surface area contributed by atoms with Crippen molar-refractivity contribution >= 4 is 29.3 Å². The van der Waals surface area contributed by atoms with Crippen molar-refractivity contribution in [1.29, 1.82) is 0 Å². The van der Waals surface area contributed by atoms with E-state index < -0.39 is 29.6 Å². The summed E-state index contributed by atoms with van der Waals surface area (Å²) in [6, 6.07) is 3.02. The number of aromatic hydroxyl groups is 1. The molecule has 0 aromatic heterocycles. The number of carbonyl (C=O) groups excluding carboxylic acids is 3. The van der Waals surface area contributed by atoms with E-state index in [0.29, 0.717) is 29.8 Å². The number of methoxy groups -OCH3 is 2. The molecule has 2 aliphatic rings. The Morgan fingerprint density at radius 3 is 2.56 bits per heavy atom. The fourth-order valence-electron chi connectivity index (χ4n) is 4.53. The molecule has 1 aromatic rings. The molecule has 1 aromatic carbocycles. The zero-order valence-corrected chi connectivity index (χ0v) is 20.9. The zero-order chi connectivity index (χ0) is 25.3. The van der Waals surface area contributed by atoms with Gasteiger partial charge >= 0.3 is 11.9 Å². The first-order valence-corrected chi connectivity index (χ1v) is 11.5. The van der Waals surface area contributed by atoms with Crippen LogP contribution in [-0.4, -0.2) is 43.2 Å². The number of phenolic OH excluding ortho intramolecular Hbond substituents is 1. The highest BCUT2D eigenvalue weighted by atomic mass is 35.5. The average Bonchev–Trinajstić information content (AvgIpc) is 2.79. The number of esters is 2. The van der Waals surface area contributed by atoms with E-state index in [9.17, 15) is 19.5 Å². The molecule has 1 aliphatic carbocycles. The van der Waals surface area contributed by atoms with Crippen LogP contribution in [0.3, 0.4) is 0 Å². The summed E-state index contributed by atoms with van der Waals surface area (Å²) < 4.78 is 15.8. The molecule has 2 N–H and O–H groups in total. The normalized spacial score (nSPS) is 23.1. The minimum atomic E-state index is -1.01. The highest BCUT2D eigenvalue weighted by molar-refractivity contribution is 6.32. The smallest absolute Gasteiger partial charge is 0.337 e. The number of rotatable bonds is 6. The molecule has 0 radical (unpaired) electrons. The van der Waals surface area contributed by atoms with Gasteiger partial charge in [-0.3, -0.25) is 9.59 Å². The van der Waals surface area contributed by atoms with E-state index in [2.05, 4.69) is 5.32 Å². The predicted molar refractivity (Wildman–Crippen MR) is 125 cm³/mol. The minimum absolute atomic E-state index is 0.00322. The SMILES string of the molecule is CC[C@@H](C)OC(=O)C1=C(C)NC2=C(C(=O)[C@H](C(=O)OC)[C@H](C)C2)[C@H]1c1cc(Cl)c(O)c(OC)c1. The molecule has 9 heteroatoms. The van der Waals surface area contributed by atoms with Crippen LogP contribution in [0.15, 0.2) is 34.7 Å². The van der Waals surface area contributed by atoms with Gasteiger partial charge < -0.3 is 24.6 Å². The number of hydrogen-bond donors (Lipinski definition) is 2. The number of allylic oxidation sites excluding steroid dienone is 3. The van der Waals surface area contributed by atoms with E-state index in [1.54, 1.807) is 13.8 Å². The van der Waals surface area contributed by atoms with Crippen LogP contribution in [0.2, 0.25) is 5.02 Å². The molecule has 0 amide bonds. The van der Waals surface area contributed by atoms with Crippen LogP contribution in [0.1, 0.15) is 52.0 Å². The van der Waals surface area contributed by atoms with Gasteiger partial charge in [-0.1, -0.05) is 25.4 Å². The molecular weight excluding hydrogens is 462 g/mol. The Kier molecular flexibility index (Phi) is 7.60. The van der Waals surface area contributed by atoms with Gasteiger partial charge in [0.2, 0.25) is 0 Å². The van der Waals surface area contributed by atoms with E-state index in [0.717, 1.165) is 0 Å². The van der Waals surface area contributed by atoms with Gasteiger partial charge in [0.05, 0.1) is 30.9 Å². The monoisotopic (exact) mass is 491 g/mol. The summed E-state index contributed by atoms with van der Waals surface area (Å²) in [5.74, 6) is -3.99. The fourth-order valence-corrected chi connectivity index (χ4v) is 4.75. The van der Waals surface area contributed by atoms with Crippen molar-refractivity contribution in [2.75, 3.05) is 14.2 Å². The first-order chi connectivity index (χ1) is 16.0. The molecule has 0 fully saturated rings. The number of nitrogens with one attached hydrogen (secondary N) is 1. The minimum Gasteiger partial charge on any atom is -0.503 e. The van der Waals surface area contributed by atoms with Gasteiger partial charge in [0.1, 0.15) is 5.92 Å². The van der Waals surface area contributed by atoms with Gasteiger partial charge in [-0.05, 0) is 50.3 Å². The topological polar surface area (TPSA) is 111 Å². The van der Waals surface area contributed by atoms with E-state index in [1.165, 1.54) is 26.4 Å². The quantitative estimate of drug-likeness (QED) is 0.453. The van der Waals surface area contributed by atoms with Gasteiger partial charge in [-0.15, -0.1) is 0 Å². The first kappa shape index (κ1) is 25.6. The molecule has 34 heavy (non-hydrogen) atoms. The van der Waals surface area contributed by atoms with Crippen LogP contribution < -0.4 is 10.1 Å². The molecule has 0 saturated heterocycles. The van der Waals surface area contributed by atoms with Gasteiger partial charge in [0, 0.05) is 22.9 Å². The van der Waals surface area contributed by atoms with Crippen LogP contribution in [0, 0.1) is 11.8 Å². The second-order valence-electron chi connectivity index (χ2n) is 8.71. The number of halogens is 1. The van der Waals surface area contributed by atoms with E-state index >= 15 is 0 Å². The number of hydrogen-bond acceptors (Lipinski definition) is 8. The summed E-state index contributed by atoms with van der Waals surface area (Å²) in [5, 5.41) is 13.5. The van der Waals surface area contributed by atoms with Crippen molar-refractivity contribution in [1.82, 2.24) is 5.32 Å². The number of ketones is 1. The van der Waals surface area contributed by atoms with E-state index in [4.69, 9.17) is 25.8 Å². The van der Waals surface area contributed by atoms with Crippen molar-refractivity contribution in [2.24, 2.45) is 11.8 Å². The number of ether oxygens (including phenoxy) is 3. The predicted octanol–water partition coefficient (Wildman–Crippen LogP) is 4.01. The molecule has 1 aliphatic heterocycles. The Morgan fingerprint density at radius 1 is 1.29 bits per heavy atom. The third kappa shape index (κ3) is 4.51. The lowest BCUT2D eigenvalue weighted by molar-refractivity contribution is -0.151. The van der Waals surface area contributed by atoms with Crippen LogP contribution >= 0.6 is 11.6 Å². The van der Waals surface area contributed by atoms with Crippen LogP contribution in [0.25, 0.3) is 0 Å². The number of carbonyl (C=O) groups is 3. The molecule has 184 valence electrons. The maximum absolute atomic E-state index is 13.7. The molecule has 0 spiro atoms. The molecule has 0 bridgehead atoms. The molecule has 0 unspecified atom stereocenters. The van der Waals surface area contributed by atoms with Crippen LogP contribution in [0.4, 0.5) is 0 Å². The highest BCUT2D eigenvalue weighted by Gasteiger charge is 2.47. The molecule has 1 heterocycles. The Morgan fingerprint density at radius 2 is 1.97 bits per heavy atom. The molecule has 4 atom stereocenters. The highest BCUT2D eigenvalue weighted by Crippen LogP contribution is 2.48. The van der Waals surface area contributed by atoms with Crippen molar-refractivity contribution < 1.29 is 33.7 Å². The Labute approximate surface area is 203 Å². The van der Waals surface area contributed by atoms with Crippen molar-refractivity contribution in [2.45, 2.75) is 52.6 Å². The lowest BCUT2D eigenvalue weighted by Crippen LogP contribution is -2.43. The molecule has 3 rings (SSSR count). The summed E-state index contributed by atoms with van der Waals surface area (Å²) in [6.07, 6.45) is 0.682. The summed E-state index contributed by atoms with van der Waals surface area (Å²) in [6.45, 7) is 7.23. The average molecular weight is 492 g/mol. The molecular formula is C25H30ClNO7. The summed E-state index contributed by atoms with van der Waals surface area (Å²) in [5.41, 5.74) is 2.13. The lowest BCUT2D eigenvalue weighted by Gasteiger charge is -2.38. The van der Waals surface area contributed by atoms with Crippen LogP contribution in [-0.2, 0) is 23.9 Å². The standard InChI is InChI=1S/C25H30ClNO7/c1-7-12(3)34-25(31)19-13(4)27-16-8-11(2)18(24(30)33-6)23(29)21(16)20(19)14-9-15(26)22(28)17(10-14)32-5/h9-12,18,20,27-28H,7-8H2,1-6H3/t11-,12-,18-,20+/m1/s1. The van der Waals surface area contributed by atoms with Crippen molar-refractivity contribution in [3.8, 4) is 11.5 Å². The summed E-state index contributed by atoms with van der Waals surface area (Å²) >= 11 is 6.27. The van der Waals surface area contributed by atoms with E-state index in [-0.39, 0.29) is 39.7 Å². The van der Waals surface area contributed by atoms with Gasteiger partial charge in [0.25, 0.3) is 0 Å². The number of dihydropyridines is 1. The Hall–Kier alpha value is -3.00. The van der Waals surface area contributed by atoms with E-state index in [1.807, 2.05) is 13.8 Å². The fraction of sp³-hybridized carbons (Fsp3) is 0.480. The largest absolute Gasteiger partial charge is 0.503 e. The number of Topliss-reactive ketones (excluding diaryl/α,β-unsaturated/α-hetero) is 1. The van der Waals surface area contributed by atoms with Gasteiger partial charge in [0.15, 0.2) is 17.3 Å². The first-order valence-electron chi connectivity index (χ1n) is 11.2. The summed E-state index contributed by atoms with van der Waals surface area (Å²) in [7, 11) is 2.62. The summed E-state index contributed by atoms with van der Waals surface area (Å²) in [4.78, 5) is 39.6. The van der Waals surface area contributed by atoms with Gasteiger partial charge in [-0.25, -0.2) is 4.79 Å². The third-order valence-electron chi connectivity index (χ3n) is 6.45. The maximum atomic E-state index is 13.7. The number of benzene rings is 1. The third-order valence-corrected chi connectivity index (χ3v) is 6.74.